The number of nitrogens with zero attached hydrogens (tertiary/aromatic N) is 2. The lowest BCUT2D eigenvalue weighted by atomic mass is 10.0. The molecule has 100 valence electrons. The van der Waals surface area contributed by atoms with Crippen LogP contribution in [-0.2, 0) is 0 Å². The zero-order valence-corrected chi connectivity index (χ0v) is 11.9. The van der Waals surface area contributed by atoms with Crippen LogP contribution < -0.4 is 0 Å². The lowest BCUT2D eigenvalue weighted by Gasteiger charge is -2.12. The summed E-state index contributed by atoms with van der Waals surface area (Å²) in [7, 11) is 0. The number of aromatic nitrogens is 2. The summed E-state index contributed by atoms with van der Waals surface area (Å²) >= 11 is 0. The van der Waals surface area contributed by atoms with E-state index in [4.69, 9.17) is 4.11 Å². The predicted molar refractivity (Wildman–Crippen MR) is 83.8 cm³/mol. The van der Waals surface area contributed by atoms with Gasteiger partial charge in [0, 0.05) is 16.9 Å². The molecule has 0 N–H and O–H groups in total. The second-order valence-corrected chi connectivity index (χ2v) is 5.17. The van der Waals surface area contributed by atoms with Crippen molar-refractivity contribution in [3.8, 4) is 11.3 Å². The van der Waals surface area contributed by atoms with E-state index in [2.05, 4.69) is 9.97 Å². The summed E-state index contributed by atoms with van der Waals surface area (Å²) in [5.41, 5.74) is 2.80. The summed E-state index contributed by atoms with van der Waals surface area (Å²) < 4.78 is 24.4. The molecule has 0 fully saturated rings. The number of aryl methyl sites for hydroxylation is 1. The van der Waals surface area contributed by atoms with Gasteiger partial charge >= 0.3 is 0 Å². The van der Waals surface area contributed by atoms with Gasteiger partial charge in [-0.25, -0.2) is 9.97 Å². The fourth-order valence-corrected chi connectivity index (χ4v) is 2.18. The first-order chi connectivity index (χ1) is 10.9. The molecule has 1 aromatic heterocycles. The monoisotopic (exact) mass is 265 g/mol. The summed E-state index contributed by atoms with van der Waals surface area (Å²) in [6.07, 6.45) is 0. The summed E-state index contributed by atoms with van der Waals surface area (Å²) in [4.78, 5) is 9.26. The van der Waals surface area contributed by atoms with E-state index in [1.807, 2.05) is 44.2 Å². The Bertz CT molecular complexity index is 890. The Morgan fingerprint density at radius 3 is 2.50 bits per heavy atom. The van der Waals surface area contributed by atoms with Gasteiger partial charge in [-0.1, -0.05) is 62.3 Å². The van der Waals surface area contributed by atoms with Crippen LogP contribution in [0.4, 0.5) is 0 Å². The Morgan fingerprint density at radius 1 is 1.05 bits per heavy atom. The van der Waals surface area contributed by atoms with Gasteiger partial charge in [-0.15, -0.1) is 0 Å². The number of hydrogen-bond acceptors (Lipinski definition) is 2. The Kier molecular flexibility index (Phi) is 2.43. The Balaban J connectivity index is 2.51. The lowest BCUT2D eigenvalue weighted by Crippen LogP contribution is -2.01. The number of benzene rings is 2. The molecule has 2 aromatic carbocycles. The van der Waals surface area contributed by atoms with Crippen molar-refractivity contribution in [1.82, 2.24) is 9.97 Å². The van der Waals surface area contributed by atoms with Crippen LogP contribution in [0.25, 0.3) is 22.2 Å². The quantitative estimate of drug-likeness (QED) is 0.669. The Labute approximate surface area is 123 Å². The first kappa shape index (κ1) is 9.65. The largest absolute Gasteiger partial charge is 0.232 e. The van der Waals surface area contributed by atoms with Gasteiger partial charge < -0.3 is 0 Å². The Hall–Kier alpha value is -2.22. The molecule has 0 saturated heterocycles. The minimum absolute atomic E-state index is 0.0183. The van der Waals surface area contributed by atoms with Gasteiger partial charge in [-0.05, 0) is 12.5 Å². The first-order valence-electron chi connectivity index (χ1n) is 8.25. The van der Waals surface area contributed by atoms with Gasteiger partial charge in [0.1, 0.15) is 5.82 Å². The average Bonchev–Trinajstić information content (AvgIpc) is 2.57. The highest BCUT2D eigenvalue weighted by atomic mass is 14.9. The molecule has 0 aliphatic heterocycles. The highest BCUT2D eigenvalue weighted by molar-refractivity contribution is 5.93. The second kappa shape index (κ2) is 5.04. The topological polar surface area (TPSA) is 25.8 Å². The molecule has 0 saturated carbocycles. The van der Waals surface area contributed by atoms with Crippen molar-refractivity contribution in [1.29, 1.82) is 0 Å². The highest BCUT2D eigenvalue weighted by Gasteiger charge is 2.12. The molecule has 2 nitrogen and oxygen atoms in total. The number of hydrogen-bond donors (Lipinski definition) is 0. The molecule has 1 heterocycles. The van der Waals surface area contributed by atoms with Crippen molar-refractivity contribution in [2.75, 3.05) is 0 Å². The molecule has 0 aliphatic rings. The van der Waals surface area contributed by atoms with Crippen molar-refractivity contribution in [3.05, 3.63) is 59.8 Å². The third kappa shape index (κ3) is 2.18. The minimum Gasteiger partial charge on any atom is -0.232 e. The molecular weight excluding hydrogens is 244 g/mol. The molecule has 3 aromatic rings. The SMILES string of the molecule is [2H]c1c([2H])c([2H])c2c(-c3ccccc3)nc(C(C)C)nc2c1C. The van der Waals surface area contributed by atoms with E-state index in [1.165, 1.54) is 0 Å². The highest BCUT2D eigenvalue weighted by Crippen LogP contribution is 2.29. The maximum absolute atomic E-state index is 8.31. The van der Waals surface area contributed by atoms with Gasteiger partial charge in [0.15, 0.2) is 0 Å². The molecule has 3 rings (SSSR count). The molecule has 20 heavy (non-hydrogen) atoms. The lowest BCUT2D eigenvalue weighted by molar-refractivity contribution is 0.784. The normalized spacial score (nSPS) is 13.3. The molecule has 2 heteroatoms. The van der Waals surface area contributed by atoms with Crippen LogP contribution in [0, 0.1) is 6.92 Å². The molecule has 0 aliphatic carbocycles. The van der Waals surface area contributed by atoms with Crippen molar-refractivity contribution < 1.29 is 4.11 Å². The Morgan fingerprint density at radius 2 is 1.80 bits per heavy atom. The van der Waals surface area contributed by atoms with Gasteiger partial charge in [-0.2, -0.15) is 0 Å². The molecule has 0 bridgehead atoms. The molecule has 0 spiro atoms. The van der Waals surface area contributed by atoms with E-state index < -0.39 is 0 Å². The van der Waals surface area contributed by atoms with E-state index in [9.17, 15) is 0 Å². The van der Waals surface area contributed by atoms with Crippen LogP contribution in [0.2, 0.25) is 0 Å². The molecule has 0 radical (unpaired) electrons. The first-order valence-corrected chi connectivity index (χ1v) is 6.75. The minimum atomic E-state index is -0.0759. The molecule has 0 amide bonds. The van der Waals surface area contributed by atoms with Crippen LogP contribution in [0.1, 0.15) is 35.3 Å². The van der Waals surface area contributed by atoms with Crippen LogP contribution in [0.3, 0.4) is 0 Å². The fourth-order valence-electron chi connectivity index (χ4n) is 2.18. The summed E-state index contributed by atoms with van der Waals surface area (Å²) in [6.45, 7) is 5.83. The average molecular weight is 265 g/mol. The third-order valence-corrected chi connectivity index (χ3v) is 3.28. The van der Waals surface area contributed by atoms with E-state index in [0.29, 0.717) is 28.0 Å². The molecular formula is C18H18N2. The van der Waals surface area contributed by atoms with E-state index in [1.54, 1.807) is 6.92 Å². The van der Waals surface area contributed by atoms with Crippen molar-refractivity contribution in [2.45, 2.75) is 26.7 Å². The molecule has 0 atom stereocenters. The summed E-state index contributed by atoms with van der Waals surface area (Å²) in [6, 6.07) is 9.68. The van der Waals surface area contributed by atoms with Crippen LogP contribution >= 0.6 is 0 Å². The van der Waals surface area contributed by atoms with Crippen LogP contribution in [0.15, 0.2) is 48.5 Å². The maximum Gasteiger partial charge on any atom is 0.132 e. The predicted octanol–water partition coefficient (Wildman–Crippen LogP) is 4.73. The van der Waals surface area contributed by atoms with Crippen molar-refractivity contribution in [3.63, 3.8) is 0 Å². The van der Waals surface area contributed by atoms with Crippen LogP contribution in [-0.4, -0.2) is 9.97 Å². The van der Waals surface area contributed by atoms with E-state index >= 15 is 0 Å². The van der Waals surface area contributed by atoms with Crippen molar-refractivity contribution in [2.24, 2.45) is 0 Å². The zero-order valence-electron chi connectivity index (χ0n) is 14.9. The van der Waals surface area contributed by atoms with Gasteiger partial charge in [-0.3, -0.25) is 0 Å². The third-order valence-electron chi connectivity index (χ3n) is 3.28. The standard InChI is InChI=1S/C18H18N2/c1-12(2)18-19-16-13(3)8-7-11-15(16)17(20-18)14-9-5-4-6-10-14/h4-12H,1-3H3/i7D,8D,11D. The summed E-state index contributed by atoms with van der Waals surface area (Å²) in [5, 5.41) is 0.555. The van der Waals surface area contributed by atoms with Crippen LogP contribution in [0.5, 0.6) is 0 Å². The molecule has 0 unspecified atom stereocenters. The van der Waals surface area contributed by atoms with Gasteiger partial charge in [0.05, 0.1) is 15.3 Å². The smallest absolute Gasteiger partial charge is 0.132 e. The number of para-hydroxylation sites is 1. The number of fused-ring (bicyclic) bond motifs is 1. The van der Waals surface area contributed by atoms with E-state index in [-0.39, 0.29) is 24.0 Å². The van der Waals surface area contributed by atoms with Gasteiger partial charge in [0.2, 0.25) is 0 Å². The second-order valence-electron chi connectivity index (χ2n) is 5.17. The zero-order chi connectivity index (χ0) is 16.7. The van der Waals surface area contributed by atoms with Crippen molar-refractivity contribution >= 4 is 10.9 Å². The van der Waals surface area contributed by atoms with Gasteiger partial charge in [0.25, 0.3) is 0 Å². The summed E-state index contributed by atoms with van der Waals surface area (Å²) in [5.74, 6) is 0.830. The number of rotatable bonds is 2. The fraction of sp³-hybridized carbons (Fsp3) is 0.222. The maximum atomic E-state index is 8.31. The van der Waals surface area contributed by atoms with E-state index in [0.717, 1.165) is 5.56 Å².